The van der Waals surface area contributed by atoms with Gasteiger partial charge in [0.1, 0.15) is 5.69 Å². The third-order valence-electron chi connectivity index (χ3n) is 3.19. The molecule has 1 heterocycles. The molecule has 3 nitrogen and oxygen atoms in total. The first-order chi connectivity index (χ1) is 10.3. The number of halogens is 3. The maximum Gasteiger partial charge on any atom is 0.433 e. The molecule has 0 amide bonds. The summed E-state index contributed by atoms with van der Waals surface area (Å²) in [5.41, 5.74) is 0.399. The first-order valence-corrected chi connectivity index (χ1v) is 7.30. The number of hydrogen-bond donors (Lipinski definition) is 1. The Kier molecular flexibility index (Phi) is 6.59. The number of hydrogen-bond acceptors (Lipinski definition) is 2. The van der Waals surface area contributed by atoms with Crippen molar-refractivity contribution in [3.05, 3.63) is 35.2 Å². The van der Waals surface area contributed by atoms with Gasteiger partial charge in [-0.25, -0.2) is 9.78 Å². The summed E-state index contributed by atoms with van der Waals surface area (Å²) in [5, 5.41) is 8.97. The quantitative estimate of drug-likeness (QED) is 0.741. The SMILES string of the molecule is CCCC/C(=C\C(=O)O)c1ccc(C(F)(F)F)nc1CCC. The zero-order chi connectivity index (χ0) is 16.8. The third-order valence-corrected chi connectivity index (χ3v) is 3.19. The van der Waals surface area contributed by atoms with Crippen molar-refractivity contribution in [1.29, 1.82) is 0 Å². The van der Waals surface area contributed by atoms with Gasteiger partial charge in [0.2, 0.25) is 0 Å². The summed E-state index contributed by atoms with van der Waals surface area (Å²) in [6, 6.07) is 2.25. The van der Waals surface area contributed by atoms with Crippen LogP contribution in [0, 0.1) is 0 Å². The lowest BCUT2D eigenvalue weighted by atomic mass is 9.96. The van der Waals surface area contributed by atoms with Crippen molar-refractivity contribution >= 4 is 11.5 Å². The summed E-state index contributed by atoms with van der Waals surface area (Å²) in [6.07, 6.45) is -0.273. The molecule has 0 aliphatic rings. The zero-order valence-electron chi connectivity index (χ0n) is 12.7. The van der Waals surface area contributed by atoms with Crippen LogP contribution in [0.1, 0.15) is 56.5 Å². The van der Waals surface area contributed by atoms with Crippen LogP contribution in [-0.4, -0.2) is 16.1 Å². The van der Waals surface area contributed by atoms with Gasteiger partial charge in [-0.1, -0.05) is 32.8 Å². The Labute approximate surface area is 127 Å². The molecule has 0 bridgehead atoms. The van der Waals surface area contributed by atoms with E-state index in [-0.39, 0.29) is 0 Å². The van der Waals surface area contributed by atoms with Gasteiger partial charge in [-0.3, -0.25) is 0 Å². The highest BCUT2D eigenvalue weighted by Crippen LogP contribution is 2.31. The molecule has 1 aromatic rings. The Hall–Kier alpha value is -1.85. The van der Waals surface area contributed by atoms with Crippen LogP contribution in [0.25, 0.3) is 5.57 Å². The molecule has 0 saturated carbocycles. The van der Waals surface area contributed by atoms with Crippen molar-refractivity contribution in [2.45, 2.75) is 52.1 Å². The second-order valence-electron chi connectivity index (χ2n) is 5.05. The van der Waals surface area contributed by atoms with Crippen LogP contribution in [0.3, 0.4) is 0 Å². The molecule has 0 saturated heterocycles. The van der Waals surface area contributed by atoms with Crippen molar-refractivity contribution in [2.75, 3.05) is 0 Å². The fraction of sp³-hybridized carbons (Fsp3) is 0.500. The average Bonchev–Trinajstić information content (AvgIpc) is 2.42. The standard InChI is InChI=1S/C16H20F3NO2/c1-3-5-7-11(10-15(21)22)12-8-9-14(16(17,18)19)20-13(12)6-4-2/h8-10H,3-7H2,1-2H3,(H,21,22)/b11-10+. The molecule has 22 heavy (non-hydrogen) atoms. The molecule has 0 radical (unpaired) electrons. The Morgan fingerprint density at radius 1 is 1.27 bits per heavy atom. The summed E-state index contributed by atoms with van der Waals surface area (Å²) in [4.78, 5) is 14.7. The van der Waals surface area contributed by atoms with Crippen molar-refractivity contribution in [1.82, 2.24) is 4.98 Å². The first-order valence-electron chi connectivity index (χ1n) is 7.30. The van der Waals surface area contributed by atoms with Crippen molar-refractivity contribution in [3.8, 4) is 0 Å². The van der Waals surface area contributed by atoms with Crippen molar-refractivity contribution in [3.63, 3.8) is 0 Å². The minimum absolute atomic E-state index is 0.306. The third kappa shape index (κ3) is 5.16. The number of carboxylic acid groups (broad SMARTS) is 1. The largest absolute Gasteiger partial charge is 0.478 e. The minimum atomic E-state index is -4.50. The molecule has 0 aliphatic heterocycles. The average molecular weight is 315 g/mol. The highest BCUT2D eigenvalue weighted by atomic mass is 19.4. The molecule has 1 rings (SSSR count). The minimum Gasteiger partial charge on any atom is -0.478 e. The predicted molar refractivity (Wildman–Crippen MR) is 78.4 cm³/mol. The van der Waals surface area contributed by atoms with Gasteiger partial charge in [0.05, 0.1) is 0 Å². The summed E-state index contributed by atoms with van der Waals surface area (Å²) < 4.78 is 38.3. The Bertz CT molecular complexity index is 551. The van der Waals surface area contributed by atoms with E-state index in [1.807, 2.05) is 13.8 Å². The number of unbranched alkanes of at least 4 members (excludes halogenated alkanes) is 1. The first kappa shape index (κ1) is 18.2. The Morgan fingerprint density at radius 3 is 2.45 bits per heavy atom. The van der Waals surface area contributed by atoms with Crippen LogP contribution in [-0.2, 0) is 17.4 Å². The number of aryl methyl sites for hydroxylation is 1. The molecule has 0 aliphatic carbocycles. The molecule has 1 aromatic heterocycles. The normalized spacial score (nSPS) is 12.5. The molecule has 1 N–H and O–H groups in total. The van der Waals surface area contributed by atoms with E-state index in [1.54, 1.807) is 0 Å². The zero-order valence-corrected chi connectivity index (χ0v) is 12.7. The number of aliphatic carboxylic acids is 1. The van der Waals surface area contributed by atoms with Crippen LogP contribution in [0.15, 0.2) is 18.2 Å². The van der Waals surface area contributed by atoms with Gasteiger partial charge >= 0.3 is 12.1 Å². The molecular weight excluding hydrogens is 295 g/mol. The van der Waals surface area contributed by atoms with E-state index < -0.39 is 17.8 Å². The second-order valence-corrected chi connectivity index (χ2v) is 5.05. The number of aromatic nitrogens is 1. The van der Waals surface area contributed by atoms with Gasteiger partial charge < -0.3 is 5.11 Å². The molecule has 0 spiro atoms. The number of nitrogens with zero attached hydrogens (tertiary/aromatic N) is 1. The highest BCUT2D eigenvalue weighted by molar-refractivity contribution is 5.90. The van der Waals surface area contributed by atoms with E-state index in [2.05, 4.69) is 4.98 Å². The van der Waals surface area contributed by atoms with Gasteiger partial charge in [0.25, 0.3) is 0 Å². The van der Waals surface area contributed by atoms with Crippen LogP contribution in [0.2, 0.25) is 0 Å². The summed E-state index contributed by atoms with van der Waals surface area (Å²) in [7, 11) is 0. The maximum atomic E-state index is 12.8. The predicted octanol–water partition coefficient (Wildman–Crippen LogP) is 4.71. The molecule has 0 atom stereocenters. The van der Waals surface area contributed by atoms with E-state index in [0.29, 0.717) is 36.1 Å². The second kappa shape index (κ2) is 7.96. The molecule has 0 fully saturated rings. The number of carboxylic acids is 1. The van der Waals surface area contributed by atoms with Crippen LogP contribution >= 0.6 is 0 Å². The summed E-state index contributed by atoms with van der Waals surface area (Å²) in [5.74, 6) is -1.10. The van der Waals surface area contributed by atoms with Crippen LogP contribution in [0.4, 0.5) is 13.2 Å². The van der Waals surface area contributed by atoms with E-state index in [0.717, 1.165) is 25.0 Å². The Morgan fingerprint density at radius 2 is 1.95 bits per heavy atom. The number of allylic oxidation sites excluding steroid dienone is 1. The fourth-order valence-corrected chi connectivity index (χ4v) is 2.18. The Balaban J connectivity index is 3.32. The summed E-state index contributed by atoms with van der Waals surface area (Å²) in [6.45, 7) is 3.81. The van der Waals surface area contributed by atoms with E-state index >= 15 is 0 Å². The molecule has 0 unspecified atom stereocenters. The van der Waals surface area contributed by atoms with E-state index in [4.69, 9.17) is 5.11 Å². The number of rotatable bonds is 7. The molecular formula is C16H20F3NO2. The topological polar surface area (TPSA) is 50.2 Å². The summed E-state index contributed by atoms with van der Waals surface area (Å²) >= 11 is 0. The number of pyridine rings is 1. The molecule has 122 valence electrons. The van der Waals surface area contributed by atoms with Crippen LogP contribution < -0.4 is 0 Å². The van der Waals surface area contributed by atoms with Gasteiger partial charge in [0.15, 0.2) is 0 Å². The number of carbonyl (C=O) groups is 1. The lowest BCUT2D eigenvalue weighted by molar-refractivity contribution is -0.141. The van der Waals surface area contributed by atoms with Gasteiger partial charge in [-0.15, -0.1) is 0 Å². The molecule has 0 aromatic carbocycles. The van der Waals surface area contributed by atoms with Crippen molar-refractivity contribution in [2.24, 2.45) is 0 Å². The van der Waals surface area contributed by atoms with Gasteiger partial charge in [-0.05, 0) is 36.5 Å². The smallest absolute Gasteiger partial charge is 0.433 e. The van der Waals surface area contributed by atoms with E-state index in [1.165, 1.54) is 6.07 Å². The monoisotopic (exact) mass is 315 g/mol. The lowest BCUT2D eigenvalue weighted by Gasteiger charge is -2.14. The lowest BCUT2D eigenvalue weighted by Crippen LogP contribution is -2.11. The highest BCUT2D eigenvalue weighted by Gasteiger charge is 2.33. The van der Waals surface area contributed by atoms with Gasteiger partial charge in [-0.2, -0.15) is 13.2 Å². The maximum absolute atomic E-state index is 12.8. The van der Waals surface area contributed by atoms with Gasteiger partial charge in [0, 0.05) is 11.8 Å². The molecule has 6 heteroatoms. The fourth-order valence-electron chi connectivity index (χ4n) is 2.18. The van der Waals surface area contributed by atoms with E-state index in [9.17, 15) is 18.0 Å². The number of alkyl halides is 3. The van der Waals surface area contributed by atoms with Crippen molar-refractivity contribution < 1.29 is 23.1 Å². The van der Waals surface area contributed by atoms with Crippen LogP contribution in [0.5, 0.6) is 0 Å².